The highest BCUT2D eigenvalue weighted by atomic mass is 16.3. The lowest BCUT2D eigenvalue weighted by Gasteiger charge is -2.22. The quantitative estimate of drug-likeness (QED) is 0.465. The number of rotatable bonds is 9. The molecule has 0 saturated heterocycles. The Morgan fingerprint density at radius 2 is 1.94 bits per heavy atom. The fraction of sp³-hybridized carbons (Fsp3) is 0.846. The first-order chi connectivity index (χ1) is 7.49. The molecule has 0 radical (unpaired) electrons. The first-order valence-electron chi connectivity index (χ1n) is 6.18. The van der Waals surface area contributed by atoms with Gasteiger partial charge >= 0.3 is 0 Å². The van der Waals surface area contributed by atoms with Gasteiger partial charge in [0.2, 0.25) is 0 Å². The predicted octanol–water partition coefficient (Wildman–Crippen LogP) is 1.63. The van der Waals surface area contributed by atoms with Crippen LogP contribution < -0.4 is 5.32 Å². The molecule has 0 heterocycles. The Bertz CT molecular complexity index is 175. The van der Waals surface area contributed by atoms with Crippen LogP contribution in [-0.2, 0) is 0 Å². The van der Waals surface area contributed by atoms with Crippen LogP contribution in [0.2, 0.25) is 0 Å². The highest BCUT2D eigenvalue weighted by Gasteiger charge is 2.07. The van der Waals surface area contributed by atoms with E-state index in [4.69, 9.17) is 5.11 Å². The summed E-state index contributed by atoms with van der Waals surface area (Å²) in [6, 6.07) is 0. The molecule has 16 heavy (non-hydrogen) atoms. The van der Waals surface area contributed by atoms with Crippen LogP contribution in [0, 0.1) is 0 Å². The maximum atomic E-state index is 8.88. The van der Waals surface area contributed by atoms with Crippen molar-refractivity contribution >= 4 is 0 Å². The lowest BCUT2D eigenvalue weighted by molar-refractivity contribution is 0.205. The number of hydrogen-bond acceptors (Lipinski definition) is 3. The summed E-state index contributed by atoms with van der Waals surface area (Å²) in [5.74, 6) is 0. The lowest BCUT2D eigenvalue weighted by Crippen LogP contribution is -2.36. The maximum Gasteiger partial charge on any atom is 0.0558 e. The molecule has 0 aromatic heterocycles. The number of hydrogen-bond donors (Lipinski definition) is 2. The topological polar surface area (TPSA) is 35.5 Å². The van der Waals surface area contributed by atoms with Crippen molar-refractivity contribution in [1.29, 1.82) is 0 Å². The number of aliphatic hydroxyl groups excluding tert-OH is 1. The maximum absolute atomic E-state index is 8.88. The summed E-state index contributed by atoms with van der Waals surface area (Å²) in [4.78, 5) is 2.23. The summed E-state index contributed by atoms with van der Waals surface area (Å²) < 4.78 is 0. The van der Waals surface area contributed by atoms with Crippen LogP contribution in [-0.4, -0.2) is 48.3 Å². The van der Waals surface area contributed by atoms with E-state index in [1.807, 2.05) is 6.08 Å². The van der Waals surface area contributed by atoms with Gasteiger partial charge in [-0.3, -0.25) is 4.90 Å². The number of nitrogens with zero attached hydrogens (tertiary/aromatic N) is 1. The molecule has 0 saturated carbocycles. The molecular formula is C13H28N2O. The van der Waals surface area contributed by atoms with Gasteiger partial charge in [0.15, 0.2) is 0 Å². The van der Waals surface area contributed by atoms with Crippen molar-refractivity contribution < 1.29 is 5.11 Å². The summed E-state index contributed by atoms with van der Waals surface area (Å²) >= 11 is 0. The minimum atomic E-state index is 0.214. The molecule has 3 nitrogen and oxygen atoms in total. The molecule has 3 heteroatoms. The van der Waals surface area contributed by atoms with Gasteiger partial charge in [-0.2, -0.15) is 0 Å². The Hall–Kier alpha value is -0.380. The highest BCUT2D eigenvalue weighted by molar-refractivity contribution is 4.74. The largest absolute Gasteiger partial charge is 0.395 e. The molecule has 0 bridgehead atoms. The normalized spacial score (nSPS) is 12.1. The van der Waals surface area contributed by atoms with Crippen molar-refractivity contribution in [3.8, 4) is 0 Å². The molecule has 0 rings (SSSR count). The first kappa shape index (κ1) is 15.6. The van der Waals surface area contributed by atoms with E-state index in [9.17, 15) is 0 Å². The Morgan fingerprint density at radius 3 is 2.44 bits per heavy atom. The lowest BCUT2D eigenvalue weighted by atomic mass is 10.1. The minimum absolute atomic E-state index is 0.214. The van der Waals surface area contributed by atoms with E-state index in [0.29, 0.717) is 0 Å². The van der Waals surface area contributed by atoms with Gasteiger partial charge in [0.05, 0.1) is 6.61 Å². The summed E-state index contributed by atoms with van der Waals surface area (Å²) in [5.41, 5.74) is 0.214. The van der Waals surface area contributed by atoms with Crippen molar-refractivity contribution in [2.24, 2.45) is 0 Å². The second-order valence-electron chi connectivity index (χ2n) is 5.20. The van der Waals surface area contributed by atoms with Crippen LogP contribution >= 0.6 is 0 Å². The standard InChI is InChI=1S/C13H28N2O/c1-5-9-15(11-12-16)10-7-6-8-14-13(2,3)4/h5,14,16H,1,6-12H2,2-4H3. The van der Waals surface area contributed by atoms with E-state index in [2.05, 4.69) is 37.6 Å². The summed E-state index contributed by atoms with van der Waals surface area (Å²) in [7, 11) is 0. The fourth-order valence-electron chi connectivity index (χ4n) is 1.54. The van der Waals surface area contributed by atoms with E-state index in [1.54, 1.807) is 0 Å². The molecule has 0 aliphatic rings. The van der Waals surface area contributed by atoms with Gasteiger partial charge in [-0.25, -0.2) is 0 Å². The smallest absolute Gasteiger partial charge is 0.0558 e. The highest BCUT2D eigenvalue weighted by Crippen LogP contribution is 2.00. The monoisotopic (exact) mass is 228 g/mol. The van der Waals surface area contributed by atoms with Crippen molar-refractivity contribution in [2.45, 2.75) is 39.2 Å². The third-order valence-electron chi connectivity index (χ3n) is 2.36. The summed E-state index contributed by atoms with van der Waals surface area (Å²) in [5, 5.41) is 12.4. The third-order valence-corrected chi connectivity index (χ3v) is 2.36. The fourth-order valence-corrected chi connectivity index (χ4v) is 1.54. The van der Waals surface area contributed by atoms with Crippen LogP contribution in [0.3, 0.4) is 0 Å². The molecule has 0 aliphatic carbocycles. The van der Waals surface area contributed by atoms with Crippen molar-refractivity contribution in [3.63, 3.8) is 0 Å². The van der Waals surface area contributed by atoms with E-state index in [-0.39, 0.29) is 12.1 Å². The number of unbranched alkanes of at least 4 members (excludes halogenated alkanes) is 1. The molecule has 0 aromatic carbocycles. The van der Waals surface area contributed by atoms with E-state index < -0.39 is 0 Å². The van der Waals surface area contributed by atoms with Crippen LogP contribution in [0.5, 0.6) is 0 Å². The SMILES string of the molecule is C=CCN(CCO)CCCCNC(C)(C)C. The zero-order valence-corrected chi connectivity index (χ0v) is 11.1. The van der Waals surface area contributed by atoms with Crippen molar-refractivity contribution in [1.82, 2.24) is 10.2 Å². The van der Waals surface area contributed by atoms with E-state index in [0.717, 1.165) is 32.6 Å². The van der Waals surface area contributed by atoms with Crippen LogP contribution in [0.1, 0.15) is 33.6 Å². The zero-order valence-electron chi connectivity index (χ0n) is 11.1. The van der Waals surface area contributed by atoms with Gasteiger partial charge in [0.1, 0.15) is 0 Å². The number of nitrogens with one attached hydrogen (secondary N) is 1. The first-order valence-corrected chi connectivity index (χ1v) is 6.18. The van der Waals surface area contributed by atoms with Crippen molar-refractivity contribution in [3.05, 3.63) is 12.7 Å². The molecule has 0 aliphatic heterocycles. The van der Waals surface area contributed by atoms with Gasteiger partial charge in [-0.05, 0) is 46.7 Å². The van der Waals surface area contributed by atoms with Gasteiger partial charge in [-0.1, -0.05) is 6.08 Å². The summed E-state index contributed by atoms with van der Waals surface area (Å²) in [6.45, 7) is 14.2. The minimum Gasteiger partial charge on any atom is -0.395 e. The second kappa shape index (κ2) is 8.74. The molecule has 0 unspecified atom stereocenters. The van der Waals surface area contributed by atoms with E-state index >= 15 is 0 Å². The molecule has 0 spiro atoms. The van der Waals surface area contributed by atoms with E-state index in [1.165, 1.54) is 6.42 Å². The Morgan fingerprint density at radius 1 is 1.25 bits per heavy atom. The number of aliphatic hydroxyl groups is 1. The molecule has 96 valence electrons. The summed E-state index contributed by atoms with van der Waals surface area (Å²) in [6.07, 6.45) is 4.23. The molecule has 0 amide bonds. The Kier molecular flexibility index (Phi) is 8.53. The average molecular weight is 228 g/mol. The van der Waals surface area contributed by atoms with Gasteiger partial charge in [-0.15, -0.1) is 6.58 Å². The van der Waals surface area contributed by atoms with Crippen LogP contribution in [0.4, 0.5) is 0 Å². The predicted molar refractivity (Wildman–Crippen MR) is 70.7 cm³/mol. The molecule has 0 atom stereocenters. The van der Waals surface area contributed by atoms with Crippen molar-refractivity contribution in [2.75, 3.05) is 32.8 Å². The molecule has 0 fully saturated rings. The van der Waals surface area contributed by atoms with Crippen LogP contribution in [0.25, 0.3) is 0 Å². The zero-order chi connectivity index (χ0) is 12.4. The van der Waals surface area contributed by atoms with Gasteiger partial charge in [0, 0.05) is 18.6 Å². The Labute approximate surface area is 101 Å². The molecular weight excluding hydrogens is 200 g/mol. The second-order valence-corrected chi connectivity index (χ2v) is 5.20. The molecule has 2 N–H and O–H groups in total. The Balaban J connectivity index is 3.50. The third kappa shape index (κ3) is 10.1. The molecule has 0 aromatic rings. The average Bonchev–Trinajstić information content (AvgIpc) is 2.16. The van der Waals surface area contributed by atoms with Gasteiger partial charge < -0.3 is 10.4 Å². The van der Waals surface area contributed by atoms with Crippen LogP contribution in [0.15, 0.2) is 12.7 Å². The van der Waals surface area contributed by atoms with Gasteiger partial charge in [0.25, 0.3) is 0 Å².